The van der Waals surface area contributed by atoms with E-state index < -0.39 is 0 Å². The van der Waals surface area contributed by atoms with Crippen molar-refractivity contribution in [2.75, 3.05) is 5.32 Å². The molecule has 1 aliphatic carbocycles. The summed E-state index contributed by atoms with van der Waals surface area (Å²) in [5, 5.41) is 3.34. The van der Waals surface area contributed by atoms with Crippen LogP contribution in [-0.2, 0) is 0 Å². The molecule has 1 fully saturated rings. The average molecular weight is 192 g/mol. The van der Waals surface area contributed by atoms with E-state index in [2.05, 4.69) is 15.3 Å². The van der Waals surface area contributed by atoms with Gasteiger partial charge in [-0.05, 0) is 26.2 Å². The van der Waals surface area contributed by atoms with Gasteiger partial charge < -0.3 is 11.1 Å². The Balaban J connectivity index is 1.94. The molecule has 2 atom stereocenters. The molecule has 1 aromatic rings. The molecule has 1 aliphatic rings. The second-order valence-corrected chi connectivity index (χ2v) is 3.96. The molecule has 4 heteroatoms. The SMILES string of the molecule is Cc1cnc(NC2CCC(N)C2)cn1. The molecule has 4 nitrogen and oxygen atoms in total. The standard InChI is InChI=1S/C10H16N4/c1-7-5-13-10(6-12-7)14-9-3-2-8(11)4-9/h5-6,8-9H,2-4,11H2,1H3,(H,13,14). The largest absolute Gasteiger partial charge is 0.366 e. The molecule has 1 aromatic heterocycles. The highest BCUT2D eigenvalue weighted by Gasteiger charge is 2.21. The normalized spacial score (nSPS) is 26.4. The second-order valence-electron chi connectivity index (χ2n) is 3.96. The zero-order chi connectivity index (χ0) is 9.97. The van der Waals surface area contributed by atoms with Crippen molar-refractivity contribution in [2.24, 2.45) is 5.73 Å². The quantitative estimate of drug-likeness (QED) is 0.736. The molecule has 0 aliphatic heterocycles. The maximum Gasteiger partial charge on any atom is 0.144 e. The molecule has 0 radical (unpaired) electrons. The molecule has 0 aromatic carbocycles. The first kappa shape index (κ1) is 9.40. The number of nitrogens with one attached hydrogen (secondary N) is 1. The zero-order valence-electron chi connectivity index (χ0n) is 8.40. The topological polar surface area (TPSA) is 63.8 Å². The molecule has 2 rings (SSSR count). The van der Waals surface area contributed by atoms with Crippen molar-refractivity contribution in [3.05, 3.63) is 18.1 Å². The maximum atomic E-state index is 5.83. The number of aromatic nitrogens is 2. The Labute approximate surface area is 83.9 Å². The number of hydrogen-bond donors (Lipinski definition) is 2. The summed E-state index contributed by atoms with van der Waals surface area (Å²) in [7, 11) is 0. The van der Waals surface area contributed by atoms with Gasteiger partial charge in [0.25, 0.3) is 0 Å². The highest BCUT2D eigenvalue weighted by molar-refractivity contribution is 5.32. The monoisotopic (exact) mass is 192 g/mol. The van der Waals surface area contributed by atoms with E-state index in [1.165, 1.54) is 0 Å². The molecule has 0 saturated heterocycles. The summed E-state index contributed by atoms with van der Waals surface area (Å²) >= 11 is 0. The van der Waals surface area contributed by atoms with E-state index in [1.807, 2.05) is 6.92 Å². The van der Waals surface area contributed by atoms with Crippen molar-refractivity contribution in [3.63, 3.8) is 0 Å². The van der Waals surface area contributed by atoms with Crippen LogP contribution in [0, 0.1) is 6.92 Å². The Kier molecular flexibility index (Phi) is 2.63. The minimum absolute atomic E-state index is 0.353. The summed E-state index contributed by atoms with van der Waals surface area (Å²) in [6.45, 7) is 1.93. The van der Waals surface area contributed by atoms with Crippen LogP contribution in [-0.4, -0.2) is 22.1 Å². The van der Waals surface area contributed by atoms with Crippen LogP contribution in [0.5, 0.6) is 0 Å². The molecule has 14 heavy (non-hydrogen) atoms. The van der Waals surface area contributed by atoms with Gasteiger partial charge in [-0.15, -0.1) is 0 Å². The van der Waals surface area contributed by atoms with Crippen molar-refractivity contribution >= 4 is 5.82 Å². The van der Waals surface area contributed by atoms with Gasteiger partial charge in [-0.2, -0.15) is 0 Å². The minimum atomic E-state index is 0.353. The molecule has 0 spiro atoms. The predicted molar refractivity (Wildman–Crippen MR) is 56.0 cm³/mol. The van der Waals surface area contributed by atoms with Gasteiger partial charge in [0.1, 0.15) is 5.82 Å². The van der Waals surface area contributed by atoms with E-state index in [0.717, 1.165) is 30.8 Å². The third-order valence-corrected chi connectivity index (χ3v) is 2.61. The van der Waals surface area contributed by atoms with Crippen LogP contribution in [0.4, 0.5) is 5.82 Å². The summed E-state index contributed by atoms with van der Waals surface area (Å²) in [5.41, 5.74) is 6.77. The first-order chi connectivity index (χ1) is 6.74. The van der Waals surface area contributed by atoms with Crippen LogP contribution in [0.3, 0.4) is 0 Å². The number of nitrogens with two attached hydrogens (primary N) is 1. The highest BCUT2D eigenvalue weighted by Crippen LogP contribution is 2.20. The molecule has 3 N–H and O–H groups in total. The zero-order valence-corrected chi connectivity index (χ0v) is 8.40. The van der Waals surface area contributed by atoms with E-state index in [1.54, 1.807) is 12.4 Å². The molecule has 2 unspecified atom stereocenters. The third-order valence-electron chi connectivity index (χ3n) is 2.61. The Morgan fingerprint density at radius 2 is 2.21 bits per heavy atom. The van der Waals surface area contributed by atoms with Crippen molar-refractivity contribution in [3.8, 4) is 0 Å². The highest BCUT2D eigenvalue weighted by atomic mass is 15.0. The summed E-state index contributed by atoms with van der Waals surface area (Å²) in [5.74, 6) is 0.856. The smallest absolute Gasteiger partial charge is 0.144 e. The van der Waals surface area contributed by atoms with Gasteiger partial charge in [0.05, 0.1) is 18.1 Å². The maximum absolute atomic E-state index is 5.83. The number of hydrogen-bond acceptors (Lipinski definition) is 4. The second kappa shape index (κ2) is 3.92. The molecule has 1 heterocycles. The first-order valence-corrected chi connectivity index (χ1v) is 5.05. The van der Waals surface area contributed by atoms with E-state index in [4.69, 9.17) is 5.73 Å². The fourth-order valence-electron chi connectivity index (χ4n) is 1.82. The predicted octanol–water partition coefficient (Wildman–Crippen LogP) is 1.08. The summed E-state index contributed by atoms with van der Waals surface area (Å²) in [6.07, 6.45) is 6.83. The molecule has 0 amide bonds. The van der Waals surface area contributed by atoms with Gasteiger partial charge in [-0.25, -0.2) is 4.98 Å². The van der Waals surface area contributed by atoms with Crippen molar-refractivity contribution in [1.29, 1.82) is 0 Å². The number of nitrogens with zero attached hydrogens (tertiary/aromatic N) is 2. The van der Waals surface area contributed by atoms with Gasteiger partial charge in [-0.1, -0.05) is 0 Å². The molecule has 0 bridgehead atoms. The summed E-state index contributed by atoms with van der Waals surface area (Å²) in [6, 6.07) is 0.827. The lowest BCUT2D eigenvalue weighted by molar-refractivity contribution is 0.686. The van der Waals surface area contributed by atoms with Crippen LogP contribution in [0.25, 0.3) is 0 Å². The molecule has 1 saturated carbocycles. The van der Waals surface area contributed by atoms with E-state index in [0.29, 0.717) is 12.1 Å². The van der Waals surface area contributed by atoms with E-state index in [9.17, 15) is 0 Å². The van der Waals surface area contributed by atoms with Crippen LogP contribution in [0.2, 0.25) is 0 Å². The van der Waals surface area contributed by atoms with Crippen molar-refractivity contribution < 1.29 is 0 Å². The van der Waals surface area contributed by atoms with Gasteiger partial charge in [0.2, 0.25) is 0 Å². The van der Waals surface area contributed by atoms with Gasteiger partial charge in [-0.3, -0.25) is 4.98 Å². The lowest BCUT2D eigenvalue weighted by atomic mass is 10.2. The molecular formula is C10H16N4. The average Bonchev–Trinajstić information content (AvgIpc) is 2.56. The third kappa shape index (κ3) is 2.20. The van der Waals surface area contributed by atoms with Gasteiger partial charge in [0.15, 0.2) is 0 Å². The van der Waals surface area contributed by atoms with Crippen LogP contribution in [0.1, 0.15) is 25.0 Å². The number of aryl methyl sites for hydroxylation is 1. The fourth-order valence-corrected chi connectivity index (χ4v) is 1.82. The summed E-state index contributed by atoms with van der Waals surface area (Å²) < 4.78 is 0. The Morgan fingerprint density at radius 1 is 1.36 bits per heavy atom. The lowest BCUT2D eigenvalue weighted by Gasteiger charge is -2.12. The Hall–Kier alpha value is -1.16. The van der Waals surface area contributed by atoms with Crippen molar-refractivity contribution in [1.82, 2.24) is 9.97 Å². The number of rotatable bonds is 2. The minimum Gasteiger partial charge on any atom is -0.366 e. The molecular weight excluding hydrogens is 176 g/mol. The Morgan fingerprint density at radius 3 is 2.79 bits per heavy atom. The van der Waals surface area contributed by atoms with Crippen LogP contribution in [0.15, 0.2) is 12.4 Å². The van der Waals surface area contributed by atoms with E-state index in [-0.39, 0.29) is 0 Å². The fraction of sp³-hybridized carbons (Fsp3) is 0.600. The first-order valence-electron chi connectivity index (χ1n) is 5.05. The summed E-state index contributed by atoms with van der Waals surface area (Å²) in [4.78, 5) is 8.44. The van der Waals surface area contributed by atoms with Crippen LogP contribution >= 0.6 is 0 Å². The van der Waals surface area contributed by atoms with E-state index >= 15 is 0 Å². The lowest BCUT2D eigenvalue weighted by Crippen LogP contribution is -2.21. The van der Waals surface area contributed by atoms with Crippen LogP contribution < -0.4 is 11.1 Å². The van der Waals surface area contributed by atoms with Crippen molar-refractivity contribution in [2.45, 2.75) is 38.3 Å². The molecule has 76 valence electrons. The van der Waals surface area contributed by atoms with Gasteiger partial charge >= 0.3 is 0 Å². The number of anilines is 1. The Bertz CT molecular complexity index is 295. The van der Waals surface area contributed by atoms with Gasteiger partial charge in [0, 0.05) is 12.1 Å².